The fraction of sp³-hybridized carbons (Fsp3) is 0.571. The molecule has 1 aromatic carbocycles. The second-order valence-electron chi connectivity index (χ2n) is 8.07. The first-order chi connectivity index (χ1) is 13.1. The number of nitrogens with zero attached hydrogens (tertiary/aromatic N) is 3. The zero-order valence-electron chi connectivity index (χ0n) is 17.9. The van der Waals surface area contributed by atoms with Gasteiger partial charge in [-0.05, 0) is 52.3 Å². The van der Waals surface area contributed by atoms with Crippen LogP contribution in [0.1, 0.15) is 47.1 Å². The molecule has 1 heterocycles. The number of piperazine rings is 1. The van der Waals surface area contributed by atoms with Gasteiger partial charge in [-0.2, -0.15) is 0 Å². The van der Waals surface area contributed by atoms with Crippen LogP contribution in [0, 0.1) is 0 Å². The lowest BCUT2D eigenvalue weighted by molar-refractivity contribution is -0.145. The highest BCUT2D eigenvalue weighted by molar-refractivity contribution is 5.89. The Balaban J connectivity index is 2.14. The number of hydrogen-bond acceptors (Lipinski definition) is 3. The van der Waals surface area contributed by atoms with Gasteiger partial charge in [0.25, 0.3) is 0 Å². The lowest BCUT2D eigenvalue weighted by Crippen LogP contribution is -2.66. The lowest BCUT2D eigenvalue weighted by Gasteiger charge is -2.49. The Morgan fingerprint density at radius 3 is 2.39 bits per heavy atom. The SMILES string of the molecule is CCNC(=NCc1ccc(NC(C)=O)cc1)N1CC(=O)N(C(C)C)C(C)(C)C1. The van der Waals surface area contributed by atoms with Crippen molar-refractivity contribution in [3.05, 3.63) is 29.8 Å². The largest absolute Gasteiger partial charge is 0.356 e. The summed E-state index contributed by atoms with van der Waals surface area (Å²) in [5.41, 5.74) is 1.54. The summed E-state index contributed by atoms with van der Waals surface area (Å²) < 4.78 is 0. The first-order valence-corrected chi connectivity index (χ1v) is 9.86. The second-order valence-corrected chi connectivity index (χ2v) is 8.07. The standard InChI is InChI=1S/C21H33N5O2/c1-7-22-20(23-12-17-8-10-18(11-9-17)24-16(4)27)25-13-19(28)26(15(2)3)21(5,6)14-25/h8-11,15H,7,12-14H2,1-6H3,(H,22,23)(H,24,27). The van der Waals surface area contributed by atoms with Crippen molar-refractivity contribution in [3.8, 4) is 0 Å². The highest BCUT2D eigenvalue weighted by atomic mass is 16.2. The maximum Gasteiger partial charge on any atom is 0.242 e. The van der Waals surface area contributed by atoms with Crippen LogP contribution in [0.4, 0.5) is 5.69 Å². The highest BCUT2D eigenvalue weighted by Gasteiger charge is 2.40. The van der Waals surface area contributed by atoms with Crippen LogP contribution in [0.15, 0.2) is 29.3 Å². The van der Waals surface area contributed by atoms with E-state index in [2.05, 4.69) is 38.3 Å². The summed E-state index contributed by atoms with van der Waals surface area (Å²) in [7, 11) is 0. The average molecular weight is 388 g/mol. The Kier molecular flexibility index (Phi) is 7.05. The minimum absolute atomic E-state index is 0.0898. The van der Waals surface area contributed by atoms with Gasteiger partial charge < -0.3 is 20.4 Å². The molecule has 0 unspecified atom stereocenters. The fourth-order valence-electron chi connectivity index (χ4n) is 3.80. The third kappa shape index (κ3) is 5.47. The molecule has 154 valence electrons. The number of rotatable bonds is 5. The molecule has 1 aliphatic heterocycles. The number of aliphatic imine (C=N–C) groups is 1. The number of anilines is 1. The molecule has 7 nitrogen and oxygen atoms in total. The van der Waals surface area contributed by atoms with Crippen LogP contribution >= 0.6 is 0 Å². The molecule has 0 atom stereocenters. The van der Waals surface area contributed by atoms with Crippen molar-refractivity contribution in [2.24, 2.45) is 4.99 Å². The van der Waals surface area contributed by atoms with E-state index in [-0.39, 0.29) is 23.4 Å². The summed E-state index contributed by atoms with van der Waals surface area (Å²) in [5, 5.41) is 6.07. The van der Waals surface area contributed by atoms with Crippen molar-refractivity contribution in [2.45, 2.75) is 59.7 Å². The minimum Gasteiger partial charge on any atom is -0.356 e. The molecule has 0 radical (unpaired) electrons. The van der Waals surface area contributed by atoms with Gasteiger partial charge >= 0.3 is 0 Å². The molecule has 1 saturated heterocycles. The second kappa shape index (κ2) is 9.08. The maximum atomic E-state index is 12.7. The smallest absolute Gasteiger partial charge is 0.242 e. The number of carbonyl (C=O) groups is 2. The molecule has 0 spiro atoms. The Hall–Kier alpha value is -2.57. The number of hydrogen-bond donors (Lipinski definition) is 2. The van der Waals surface area contributed by atoms with Crippen molar-refractivity contribution in [3.63, 3.8) is 0 Å². The van der Waals surface area contributed by atoms with Crippen molar-refractivity contribution < 1.29 is 9.59 Å². The Labute approximate surface area is 168 Å². The van der Waals surface area contributed by atoms with Crippen LogP contribution < -0.4 is 10.6 Å². The summed E-state index contributed by atoms with van der Waals surface area (Å²) >= 11 is 0. The van der Waals surface area contributed by atoms with Gasteiger partial charge in [0, 0.05) is 31.7 Å². The van der Waals surface area contributed by atoms with Crippen LogP contribution in [0.5, 0.6) is 0 Å². The molecule has 0 aliphatic carbocycles. The van der Waals surface area contributed by atoms with Gasteiger partial charge in [0.2, 0.25) is 11.8 Å². The summed E-state index contributed by atoms with van der Waals surface area (Å²) in [5.74, 6) is 0.780. The third-order valence-corrected chi connectivity index (χ3v) is 4.66. The molecule has 1 fully saturated rings. The van der Waals surface area contributed by atoms with Crippen molar-refractivity contribution in [2.75, 3.05) is 25.0 Å². The monoisotopic (exact) mass is 387 g/mol. The van der Waals surface area contributed by atoms with E-state index >= 15 is 0 Å². The van der Waals surface area contributed by atoms with E-state index in [9.17, 15) is 9.59 Å². The Morgan fingerprint density at radius 1 is 1.25 bits per heavy atom. The number of amides is 2. The van der Waals surface area contributed by atoms with Crippen LogP contribution in [0.25, 0.3) is 0 Å². The van der Waals surface area contributed by atoms with Crippen molar-refractivity contribution >= 4 is 23.5 Å². The maximum absolute atomic E-state index is 12.7. The van der Waals surface area contributed by atoms with E-state index in [0.29, 0.717) is 13.1 Å². The van der Waals surface area contributed by atoms with E-state index in [1.165, 1.54) is 6.92 Å². The van der Waals surface area contributed by atoms with Crippen LogP contribution in [-0.4, -0.2) is 58.8 Å². The van der Waals surface area contributed by atoms with Crippen molar-refractivity contribution in [1.82, 2.24) is 15.1 Å². The molecule has 2 rings (SSSR count). The van der Waals surface area contributed by atoms with Crippen LogP contribution in [0.3, 0.4) is 0 Å². The molecule has 1 aliphatic rings. The lowest BCUT2D eigenvalue weighted by atomic mass is 9.96. The zero-order valence-corrected chi connectivity index (χ0v) is 17.9. The first kappa shape index (κ1) is 21.7. The normalized spacial score (nSPS) is 17.1. The van der Waals surface area contributed by atoms with Crippen LogP contribution in [0.2, 0.25) is 0 Å². The van der Waals surface area contributed by atoms with Gasteiger partial charge in [0.05, 0.1) is 18.6 Å². The molecular weight excluding hydrogens is 354 g/mol. The van der Waals surface area contributed by atoms with E-state index in [1.54, 1.807) is 0 Å². The molecule has 0 bridgehead atoms. The quantitative estimate of drug-likeness (QED) is 0.601. The highest BCUT2D eigenvalue weighted by Crippen LogP contribution is 2.24. The zero-order chi connectivity index (χ0) is 20.9. The number of benzene rings is 1. The van der Waals surface area contributed by atoms with Gasteiger partial charge in [0.1, 0.15) is 0 Å². The molecule has 0 saturated carbocycles. The van der Waals surface area contributed by atoms with Gasteiger partial charge in [0.15, 0.2) is 5.96 Å². The topological polar surface area (TPSA) is 77.0 Å². The summed E-state index contributed by atoms with van der Waals surface area (Å²) in [6, 6.07) is 7.81. The summed E-state index contributed by atoms with van der Waals surface area (Å²) in [6.45, 7) is 14.1. The molecular formula is C21H33N5O2. The Morgan fingerprint density at radius 2 is 1.89 bits per heavy atom. The predicted molar refractivity (Wildman–Crippen MR) is 113 cm³/mol. The van der Waals surface area contributed by atoms with E-state index < -0.39 is 0 Å². The van der Waals surface area contributed by atoms with Crippen molar-refractivity contribution in [1.29, 1.82) is 0 Å². The molecule has 7 heteroatoms. The first-order valence-electron chi connectivity index (χ1n) is 9.86. The van der Waals surface area contributed by atoms with E-state index in [0.717, 1.165) is 30.3 Å². The third-order valence-electron chi connectivity index (χ3n) is 4.66. The fourth-order valence-corrected chi connectivity index (χ4v) is 3.80. The summed E-state index contributed by atoms with van der Waals surface area (Å²) in [4.78, 5) is 32.6. The van der Waals surface area contributed by atoms with Gasteiger partial charge in [-0.25, -0.2) is 4.99 Å². The van der Waals surface area contributed by atoms with Gasteiger partial charge in [-0.3, -0.25) is 9.59 Å². The summed E-state index contributed by atoms with van der Waals surface area (Å²) in [6.07, 6.45) is 0. The number of guanidine groups is 1. The van der Waals surface area contributed by atoms with Crippen LogP contribution in [-0.2, 0) is 16.1 Å². The predicted octanol–water partition coefficient (Wildman–Crippen LogP) is 2.44. The molecule has 2 N–H and O–H groups in total. The van der Waals surface area contributed by atoms with Gasteiger partial charge in [-0.15, -0.1) is 0 Å². The van der Waals surface area contributed by atoms with Gasteiger partial charge in [-0.1, -0.05) is 12.1 Å². The molecule has 0 aromatic heterocycles. The molecule has 2 amide bonds. The molecule has 1 aromatic rings. The number of carbonyl (C=O) groups excluding carboxylic acids is 2. The molecule has 28 heavy (non-hydrogen) atoms. The average Bonchev–Trinajstić information content (AvgIpc) is 2.57. The minimum atomic E-state index is -0.264. The van der Waals surface area contributed by atoms with E-state index in [4.69, 9.17) is 4.99 Å². The Bertz CT molecular complexity index is 725. The number of nitrogens with one attached hydrogen (secondary N) is 2. The van der Waals surface area contributed by atoms with E-state index in [1.807, 2.05) is 41.0 Å².